The van der Waals surface area contributed by atoms with Crippen molar-refractivity contribution in [3.63, 3.8) is 0 Å². The summed E-state index contributed by atoms with van der Waals surface area (Å²) in [6.07, 6.45) is -1.37. The fraction of sp³-hybridized carbons (Fsp3) is 0.727. The van der Waals surface area contributed by atoms with E-state index in [-0.39, 0.29) is 5.04 Å². The lowest BCUT2D eigenvalue weighted by Gasteiger charge is -2.35. The Morgan fingerprint density at radius 1 is 1.24 bits per heavy atom. The highest BCUT2D eigenvalue weighted by atomic mass is 28.4. The molecule has 0 unspecified atom stereocenters. The van der Waals surface area contributed by atoms with Crippen molar-refractivity contribution < 1.29 is 28.5 Å². The van der Waals surface area contributed by atoms with Crippen LogP contribution in [0, 0.1) is 5.92 Å². The van der Waals surface area contributed by atoms with Crippen LogP contribution in [0.2, 0.25) is 18.1 Å². The van der Waals surface area contributed by atoms with Gasteiger partial charge in [0.15, 0.2) is 14.1 Å². The summed E-state index contributed by atoms with van der Waals surface area (Å²) in [6, 6.07) is 3.55. The van der Waals surface area contributed by atoms with E-state index in [9.17, 15) is 10.2 Å². The van der Waals surface area contributed by atoms with Crippen LogP contribution < -0.4 is 0 Å². The molecule has 2 rings (SSSR count). The van der Waals surface area contributed by atoms with Crippen molar-refractivity contribution in [3.8, 4) is 0 Å². The van der Waals surface area contributed by atoms with Crippen LogP contribution in [0.3, 0.4) is 0 Å². The number of hydrogen-bond acceptors (Lipinski definition) is 6. The molecule has 1 aromatic rings. The first-order valence-corrected chi connectivity index (χ1v) is 13.2. The fourth-order valence-electron chi connectivity index (χ4n) is 3.11. The molecule has 2 N–H and O–H groups in total. The third-order valence-corrected chi connectivity index (χ3v) is 10.6. The SMILES string of the molecule is C=C[C@H]1OC(C)(C)O[C@H]1[C@H](O)[C@@H](C)[C@H](O)c1ccc(CO[Si](C)(C)C(C)(C)C)o1. The van der Waals surface area contributed by atoms with Gasteiger partial charge in [-0.25, -0.2) is 0 Å². The molecule has 1 aromatic heterocycles. The highest BCUT2D eigenvalue weighted by Crippen LogP contribution is 2.38. The Morgan fingerprint density at radius 2 is 1.86 bits per heavy atom. The van der Waals surface area contributed by atoms with Gasteiger partial charge in [0.25, 0.3) is 0 Å². The maximum absolute atomic E-state index is 10.8. The van der Waals surface area contributed by atoms with Crippen LogP contribution in [0.15, 0.2) is 29.2 Å². The first-order chi connectivity index (χ1) is 13.2. The van der Waals surface area contributed by atoms with Crippen LogP contribution in [-0.4, -0.2) is 42.6 Å². The molecule has 29 heavy (non-hydrogen) atoms. The standard InChI is InChI=1S/C22H38O6Si/c1-10-16-20(28-22(6,7)27-16)19(24)14(2)18(23)17-12-11-15(26-17)13-25-29(8,9)21(3,4)5/h10-12,14,16,18-20,23-24H,1,13H2,2-9H3/t14-,16+,18-,19+,20+/m0/s1. The molecular weight excluding hydrogens is 388 g/mol. The second-order valence-corrected chi connectivity index (χ2v) is 14.8. The second kappa shape index (κ2) is 8.65. The Kier molecular flexibility index (Phi) is 7.25. The molecule has 1 aliphatic heterocycles. The summed E-state index contributed by atoms with van der Waals surface area (Å²) in [6.45, 7) is 20.4. The van der Waals surface area contributed by atoms with E-state index in [2.05, 4.69) is 40.4 Å². The summed E-state index contributed by atoms with van der Waals surface area (Å²) >= 11 is 0. The zero-order valence-corrected chi connectivity index (χ0v) is 20.1. The summed E-state index contributed by atoms with van der Waals surface area (Å²) < 4.78 is 23.6. The van der Waals surface area contributed by atoms with Gasteiger partial charge in [-0.15, -0.1) is 6.58 Å². The molecule has 2 heterocycles. The molecule has 1 aliphatic rings. The highest BCUT2D eigenvalue weighted by molar-refractivity contribution is 6.74. The lowest BCUT2D eigenvalue weighted by molar-refractivity contribution is -0.160. The van der Waals surface area contributed by atoms with Crippen LogP contribution >= 0.6 is 0 Å². The lowest BCUT2D eigenvalue weighted by atomic mass is 9.90. The van der Waals surface area contributed by atoms with Crippen LogP contribution in [0.1, 0.15) is 59.2 Å². The molecule has 0 bridgehead atoms. The van der Waals surface area contributed by atoms with Gasteiger partial charge in [0, 0.05) is 5.92 Å². The van der Waals surface area contributed by atoms with Crippen LogP contribution in [0.4, 0.5) is 0 Å². The maximum Gasteiger partial charge on any atom is 0.192 e. The van der Waals surface area contributed by atoms with Gasteiger partial charge in [-0.1, -0.05) is 33.8 Å². The van der Waals surface area contributed by atoms with Crippen molar-refractivity contribution in [2.45, 2.75) is 96.5 Å². The van der Waals surface area contributed by atoms with Crippen molar-refractivity contribution in [1.82, 2.24) is 0 Å². The minimum Gasteiger partial charge on any atom is -0.461 e. The zero-order valence-electron chi connectivity index (χ0n) is 19.1. The molecule has 7 heteroatoms. The molecule has 0 saturated carbocycles. The predicted octanol–water partition coefficient (Wildman–Crippen LogP) is 4.54. The molecule has 0 aliphatic carbocycles. The number of furan rings is 1. The van der Waals surface area contributed by atoms with Crippen molar-refractivity contribution >= 4 is 8.32 Å². The van der Waals surface area contributed by atoms with Gasteiger partial charge in [-0.05, 0) is 44.1 Å². The van der Waals surface area contributed by atoms with Crippen molar-refractivity contribution in [1.29, 1.82) is 0 Å². The Labute approximate surface area is 176 Å². The second-order valence-electron chi connectivity index (χ2n) is 9.95. The molecule has 0 radical (unpaired) electrons. The molecule has 1 fully saturated rings. The van der Waals surface area contributed by atoms with Crippen LogP contribution in [0.25, 0.3) is 0 Å². The first kappa shape index (κ1) is 24.3. The first-order valence-electron chi connectivity index (χ1n) is 10.3. The van der Waals surface area contributed by atoms with Crippen LogP contribution in [-0.2, 0) is 20.5 Å². The summed E-state index contributed by atoms with van der Waals surface area (Å²) in [5.41, 5.74) is 0. The fourth-order valence-corrected chi connectivity index (χ4v) is 4.04. The quantitative estimate of drug-likeness (QED) is 0.469. The Hall–Kier alpha value is -0.963. The molecule has 0 spiro atoms. The number of aliphatic hydroxyl groups excluding tert-OH is 2. The predicted molar refractivity (Wildman–Crippen MR) is 115 cm³/mol. The third-order valence-electron chi connectivity index (χ3n) is 6.12. The maximum atomic E-state index is 10.8. The van der Waals surface area contributed by atoms with Gasteiger partial charge in [0.1, 0.15) is 29.8 Å². The zero-order chi connectivity index (χ0) is 22.2. The number of aliphatic hydroxyl groups is 2. The van der Waals surface area contributed by atoms with E-state index in [0.717, 1.165) is 0 Å². The molecule has 5 atom stereocenters. The van der Waals surface area contributed by atoms with E-state index in [1.165, 1.54) is 0 Å². The third kappa shape index (κ3) is 5.60. The van der Waals surface area contributed by atoms with E-state index in [4.69, 9.17) is 18.3 Å². The number of ether oxygens (including phenoxy) is 2. The van der Waals surface area contributed by atoms with Gasteiger partial charge in [-0.3, -0.25) is 0 Å². The Morgan fingerprint density at radius 3 is 2.41 bits per heavy atom. The van der Waals surface area contributed by atoms with E-state index in [0.29, 0.717) is 18.1 Å². The topological polar surface area (TPSA) is 81.3 Å². The van der Waals surface area contributed by atoms with Crippen molar-refractivity contribution in [2.75, 3.05) is 0 Å². The minimum absolute atomic E-state index is 0.110. The van der Waals surface area contributed by atoms with Crippen LogP contribution in [0.5, 0.6) is 0 Å². The van der Waals surface area contributed by atoms with E-state index in [1.54, 1.807) is 32.9 Å². The Balaban J connectivity index is 2.03. The van der Waals surface area contributed by atoms with Crippen molar-refractivity contribution in [3.05, 3.63) is 36.3 Å². The van der Waals surface area contributed by atoms with Gasteiger partial charge in [0.05, 0.1) is 12.7 Å². The average Bonchev–Trinajstić information content (AvgIpc) is 3.20. The summed E-state index contributed by atoms with van der Waals surface area (Å²) in [4.78, 5) is 0. The van der Waals surface area contributed by atoms with Crippen molar-refractivity contribution in [2.24, 2.45) is 5.92 Å². The highest BCUT2D eigenvalue weighted by Gasteiger charge is 2.46. The van der Waals surface area contributed by atoms with Gasteiger partial charge in [0.2, 0.25) is 0 Å². The number of hydrogen-bond donors (Lipinski definition) is 2. The minimum atomic E-state index is -1.89. The van der Waals surface area contributed by atoms with Gasteiger partial charge < -0.3 is 28.5 Å². The molecule has 0 amide bonds. The molecule has 6 nitrogen and oxygen atoms in total. The van der Waals surface area contributed by atoms with E-state index < -0.39 is 44.4 Å². The average molecular weight is 427 g/mol. The van der Waals surface area contributed by atoms with E-state index >= 15 is 0 Å². The van der Waals surface area contributed by atoms with Gasteiger partial charge >= 0.3 is 0 Å². The summed E-state index contributed by atoms with van der Waals surface area (Å²) in [5.74, 6) is -0.274. The molecule has 0 aromatic carbocycles. The Bertz CT molecular complexity index is 690. The lowest BCUT2D eigenvalue weighted by Crippen LogP contribution is -2.41. The normalized spacial score (nSPS) is 25.6. The number of rotatable bonds is 8. The molecule has 166 valence electrons. The monoisotopic (exact) mass is 426 g/mol. The largest absolute Gasteiger partial charge is 0.461 e. The summed E-state index contributed by atoms with van der Waals surface area (Å²) in [5, 5.41) is 21.7. The summed E-state index contributed by atoms with van der Waals surface area (Å²) in [7, 11) is -1.89. The molecule has 1 saturated heterocycles. The van der Waals surface area contributed by atoms with E-state index in [1.807, 2.05) is 6.07 Å². The molecular formula is C22H38O6Si. The van der Waals surface area contributed by atoms with Gasteiger partial charge in [-0.2, -0.15) is 0 Å². The smallest absolute Gasteiger partial charge is 0.192 e.